The summed E-state index contributed by atoms with van der Waals surface area (Å²) in [6.45, 7) is 5.09. The van der Waals surface area contributed by atoms with Crippen LogP contribution in [0.5, 0.6) is 0 Å². The van der Waals surface area contributed by atoms with Crippen LogP contribution < -0.4 is 10.0 Å². The number of nitrogens with zero attached hydrogens (tertiary/aromatic N) is 1. The third-order valence-corrected chi connectivity index (χ3v) is 5.91. The fourth-order valence-electron chi connectivity index (χ4n) is 2.76. The molecule has 3 rings (SSSR count). The first-order valence-corrected chi connectivity index (χ1v) is 11.0. The average molecular weight is 444 g/mol. The van der Waals surface area contributed by atoms with E-state index in [4.69, 9.17) is 4.52 Å². The molecule has 3 aromatic rings. The number of carbonyl (C=O) groups excluding carboxylic acids is 1. The van der Waals surface area contributed by atoms with E-state index in [9.17, 15) is 17.6 Å². The molecule has 2 N–H and O–H groups in total. The molecule has 0 saturated heterocycles. The molecule has 2 aromatic carbocycles. The molecule has 0 saturated carbocycles. The zero-order valence-corrected chi connectivity index (χ0v) is 18.1. The van der Waals surface area contributed by atoms with Crippen LogP contribution in [-0.4, -0.2) is 19.5 Å². The van der Waals surface area contributed by atoms with Crippen molar-refractivity contribution in [3.8, 4) is 0 Å². The Morgan fingerprint density at radius 3 is 2.48 bits per heavy atom. The minimum atomic E-state index is -3.82. The highest BCUT2D eigenvalue weighted by Gasteiger charge is 2.16. The topological polar surface area (TPSA) is 101 Å². The third kappa shape index (κ3) is 5.37. The molecule has 0 spiro atoms. The number of rotatable bonds is 7. The molecule has 0 bridgehead atoms. The van der Waals surface area contributed by atoms with Gasteiger partial charge in [-0.15, -0.1) is 0 Å². The number of benzene rings is 2. The summed E-state index contributed by atoms with van der Waals surface area (Å²) >= 11 is 0. The lowest BCUT2D eigenvalue weighted by Gasteiger charge is -2.10. The number of halogens is 1. The number of nitrogens with one attached hydrogen (secondary N) is 2. The smallest absolute Gasteiger partial charge is 0.261 e. The predicted molar refractivity (Wildman–Crippen MR) is 117 cm³/mol. The molecule has 0 aliphatic heterocycles. The maximum Gasteiger partial charge on any atom is 0.261 e. The second-order valence-electron chi connectivity index (χ2n) is 6.88. The Balaban J connectivity index is 1.77. The molecule has 0 aliphatic rings. The fourth-order valence-corrected chi connectivity index (χ4v) is 3.89. The molecule has 0 unspecified atom stereocenters. The normalized spacial score (nSPS) is 11.6. The molecule has 0 atom stereocenters. The maximum absolute atomic E-state index is 13.2. The zero-order chi connectivity index (χ0) is 22.6. The molecule has 0 aliphatic carbocycles. The van der Waals surface area contributed by atoms with Gasteiger partial charge in [0.2, 0.25) is 5.91 Å². The molecular formula is C22H22FN3O4S. The summed E-state index contributed by atoms with van der Waals surface area (Å²) in [5.41, 5.74) is 2.58. The van der Waals surface area contributed by atoms with Crippen molar-refractivity contribution in [3.63, 3.8) is 0 Å². The van der Waals surface area contributed by atoms with Crippen molar-refractivity contribution in [3.05, 3.63) is 70.9 Å². The summed E-state index contributed by atoms with van der Waals surface area (Å²) < 4.78 is 46.2. The molecule has 0 radical (unpaired) electrons. The van der Waals surface area contributed by atoms with Crippen LogP contribution in [0.3, 0.4) is 0 Å². The van der Waals surface area contributed by atoms with E-state index in [-0.39, 0.29) is 10.8 Å². The first-order chi connectivity index (χ1) is 14.7. The lowest BCUT2D eigenvalue weighted by molar-refractivity contribution is -0.115. The number of amides is 1. The van der Waals surface area contributed by atoms with Crippen LogP contribution in [-0.2, 0) is 14.8 Å². The number of sulfonamides is 1. The predicted octanol–water partition coefficient (Wildman–Crippen LogP) is 4.75. The van der Waals surface area contributed by atoms with Gasteiger partial charge in [0.1, 0.15) is 17.2 Å². The summed E-state index contributed by atoms with van der Waals surface area (Å²) in [7, 11) is -3.82. The summed E-state index contributed by atoms with van der Waals surface area (Å²) in [6.07, 6.45) is 3.69. The van der Waals surface area contributed by atoms with E-state index in [0.717, 1.165) is 5.56 Å². The monoisotopic (exact) mass is 443 g/mol. The van der Waals surface area contributed by atoms with Crippen molar-refractivity contribution in [2.75, 3.05) is 10.0 Å². The molecule has 7 nitrogen and oxygen atoms in total. The second kappa shape index (κ2) is 9.13. The molecular weight excluding hydrogens is 421 g/mol. The van der Waals surface area contributed by atoms with Gasteiger partial charge in [-0.25, -0.2) is 12.8 Å². The zero-order valence-electron chi connectivity index (χ0n) is 17.3. The summed E-state index contributed by atoms with van der Waals surface area (Å²) in [5.74, 6) is -0.195. The standard InChI is InChI=1S/C22H22FN3O4S/c1-4-21(27)24-22-15(3)25-30-20(22)12-7-16-5-9-18(10-6-16)31(28,29)26-19-11-8-17(23)13-14(19)2/h5-13,26H,4H2,1-3H3,(H,24,27). The van der Waals surface area contributed by atoms with Gasteiger partial charge in [-0.05, 0) is 61.4 Å². The highest BCUT2D eigenvalue weighted by atomic mass is 32.2. The summed E-state index contributed by atoms with van der Waals surface area (Å²) in [6, 6.07) is 10.0. The highest BCUT2D eigenvalue weighted by Crippen LogP contribution is 2.24. The largest absolute Gasteiger partial charge is 0.354 e. The van der Waals surface area contributed by atoms with Crippen molar-refractivity contribution in [2.24, 2.45) is 0 Å². The first-order valence-electron chi connectivity index (χ1n) is 9.53. The van der Waals surface area contributed by atoms with E-state index < -0.39 is 15.8 Å². The lowest BCUT2D eigenvalue weighted by atomic mass is 10.2. The van der Waals surface area contributed by atoms with Crippen molar-refractivity contribution in [1.29, 1.82) is 0 Å². The molecule has 31 heavy (non-hydrogen) atoms. The van der Waals surface area contributed by atoms with Gasteiger partial charge in [0.15, 0.2) is 5.76 Å². The molecule has 9 heteroatoms. The third-order valence-electron chi connectivity index (χ3n) is 4.52. The number of hydrogen-bond donors (Lipinski definition) is 2. The van der Waals surface area contributed by atoms with Crippen LogP contribution in [0, 0.1) is 19.7 Å². The van der Waals surface area contributed by atoms with Crippen molar-refractivity contribution in [2.45, 2.75) is 32.1 Å². The Kier molecular flexibility index (Phi) is 6.55. The molecule has 162 valence electrons. The van der Waals surface area contributed by atoms with E-state index >= 15 is 0 Å². The fraction of sp³-hybridized carbons (Fsp3) is 0.182. The van der Waals surface area contributed by atoms with E-state index in [1.807, 2.05) is 0 Å². The van der Waals surface area contributed by atoms with Crippen LogP contribution in [0.4, 0.5) is 15.8 Å². The minimum Gasteiger partial charge on any atom is -0.354 e. The Labute approximate surface area is 180 Å². The second-order valence-corrected chi connectivity index (χ2v) is 8.56. The van der Waals surface area contributed by atoms with E-state index in [0.29, 0.717) is 34.8 Å². The number of hydrogen-bond acceptors (Lipinski definition) is 5. The Hall–Kier alpha value is -3.46. The van der Waals surface area contributed by atoms with Gasteiger partial charge in [0, 0.05) is 6.42 Å². The SMILES string of the molecule is CCC(=O)Nc1c(C)noc1C=Cc1ccc(S(=O)(=O)Nc2ccc(F)cc2C)cc1. The van der Waals surface area contributed by atoms with Gasteiger partial charge in [-0.3, -0.25) is 9.52 Å². The van der Waals surface area contributed by atoms with Crippen LogP contribution in [0.1, 0.15) is 35.9 Å². The minimum absolute atomic E-state index is 0.0692. The number of aromatic nitrogens is 1. The number of anilines is 2. The van der Waals surface area contributed by atoms with E-state index in [1.54, 1.807) is 45.1 Å². The van der Waals surface area contributed by atoms with Crippen LogP contribution >= 0.6 is 0 Å². The van der Waals surface area contributed by atoms with Gasteiger partial charge in [0.05, 0.1) is 10.6 Å². The summed E-state index contributed by atoms with van der Waals surface area (Å²) in [5, 5.41) is 6.61. The Morgan fingerprint density at radius 2 is 1.84 bits per heavy atom. The maximum atomic E-state index is 13.2. The number of carbonyl (C=O) groups is 1. The molecule has 0 fully saturated rings. The molecule has 1 amide bonds. The first kappa shape index (κ1) is 22.2. The highest BCUT2D eigenvalue weighted by molar-refractivity contribution is 7.92. The van der Waals surface area contributed by atoms with Crippen molar-refractivity contribution < 1.29 is 22.1 Å². The van der Waals surface area contributed by atoms with E-state index in [2.05, 4.69) is 15.2 Å². The van der Waals surface area contributed by atoms with Gasteiger partial charge >= 0.3 is 0 Å². The summed E-state index contributed by atoms with van der Waals surface area (Å²) in [4.78, 5) is 11.7. The van der Waals surface area contributed by atoms with Crippen LogP contribution in [0.2, 0.25) is 0 Å². The molecule has 1 aromatic heterocycles. The Bertz CT molecular complexity index is 1230. The van der Waals surface area contributed by atoms with E-state index in [1.165, 1.54) is 30.3 Å². The van der Waals surface area contributed by atoms with Crippen molar-refractivity contribution in [1.82, 2.24) is 5.16 Å². The van der Waals surface area contributed by atoms with Crippen LogP contribution in [0.25, 0.3) is 12.2 Å². The number of aryl methyl sites for hydroxylation is 2. The lowest BCUT2D eigenvalue weighted by Crippen LogP contribution is -2.13. The average Bonchev–Trinajstić information content (AvgIpc) is 3.08. The molecule has 1 heterocycles. The van der Waals surface area contributed by atoms with Crippen LogP contribution in [0.15, 0.2) is 51.9 Å². The van der Waals surface area contributed by atoms with Gasteiger partial charge in [-0.2, -0.15) is 0 Å². The van der Waals surface area contributed by atoms with Gasteiger partial charge < -0.3 is 9.84 Å². The van der Waals surface area contributed by atoms with Gasteiger partial charge in [0.25, 0.3) is 10.0 Å². The quantitative estimate of drug-likeness (QED) is 0.549. The van der Waals surface area contributed by atoms with Crippen molar-refractivity contribution >= 4 is 39.5 Å². The van der Waals surface area contributed by atoms with Gasteiger partial charge in [-0.1, -0.05) is 30.3 Å². The Morgan fingerprint density at radius 1 is 1.13 bits per heavy atom.